The van der Waals surface area contributed by atoms with Crippen molar-refractivity contribution in [2.45, 2.75) is 26.8 Å². The van der Waals surface area contributed by atoms with Crippen molar-refractivity contribution >= 4 is 0 Å². The monoisotopic (exact) mass is 154 g/mol. The largest absolute Gasteiger partial charge is 0.447 e. The zero-order valence-corrected chi connectivity index (χ0v) is 7.16. The highest BCUT2D eigenvalue weighted by atomic mass is 16.3. The van der Waals surface area contributed by atoms with Crippen LogP contribution in [0.3, 0.4) is 0 Å². The number of oxazole rings is 1. The van der Waals surface area contributed by atoms with Gasteiger partial charge in [-0.15, -0.1) is 0 Å². The van der Waals surface area contributed by atoms with Gasteiger partial charge in [0.05, 0.1) is 12.2 Å². The minimum Gasteiger partial charge on any atom is -0.447 e. The molecule has 0 unspecified atom stereocenters. The van der Waals surface area contributed by atoms with E-state index in [1.165, 1.54) is 6.39 Å². The minimum atomic E-state index is -0.0787. The topological polar surface area (TPSA) is 52.0 Å². The summed E-state index contributed by atoms with van der Waals surface area (Å²) >= 11 is 0. The van der Waals surface area contributed by atoms with Gasteiger partial charge in [0, 0.05) is 0 Å². The lowest BCUT2D eigenvalue weighted by atomic mass is 9.86. The molecule has 0 aliphatic rings. The van der Waals surface area contributed by atoms with Crippen molar-refractivity contribution < 1.29 is 4.42 Å². The molecule has 0 bridgehead atoms. The highest BCUT2D eigenvalue weighted by Gasteiger charge is 2.24. The van der Waals surface area contributed by atoms with E-state index in [-0.39, 0.29) is 11.5 Å². The Kier molecular flexibility index (Phi) is 2.00. The molecule has 1 aromatic rings. The Morgan fingerprint density at radius 2 is 2.18 bits per heavy atom. The van der Waals surface area contributed by atoms with Crippen LogP contribution in [0.1, 0.15) is 32.6 Å². The average Bonchev–Trinajstić information content (AvgIpc) is 2.34. The van der Waals surface area contributed by atoms with E-state index in [1.807, 2.05) is 0 Å². The highest BCUT2D eigenvalue weighted by Crippen LogP contribution is 2.29. The Bertz CT molecular complexity index is 210. The van der Waals surface area contributed by atoms with Crippen molar-refractivity contribution in [3.8, 4) is 0 Å². The maximum atomic E-state index is 5.88. The molecule has 0 saturated heterocycles. The Morgan fingerprint density at radius 1 is 1.55 bits per heavy atom. The van der Waals surface area contributed by atoms with Crippen LogP contribution in [0.4, 0.5) is 0 Å². The lowest BCUT2D eigenvalue weighted by molar-refractivity contribution is 0.285. The molecule has 1 heterocycles. The summed E-state index contributed by atoms with van der Waals surface area (Å²) in [6.45, 7) is 6.21. The molecule has 0 fully saturated rings. The van der Waals surface area contributed by atoms with E-state index < -0.39 is 0 Å². The Hall–Kier alpha value is -0.830. The van der Waals surface area contributed by atoms with Crippen molar-refractivity contribution in [1.82, 2.24) is 4.98 Å². The van der Waals surface area contributed by atoms with Crippen LogP contribution >= 0.6 is 0 Å². The average molecular weight is 154 g/mol. The van der Waals surface area contributed by atoms with Gasteiger partial charge in [-0.05, 0) is 5.41 Å². The Morgan fingerprint density at radius 3 is 2.55 bits per heavy atom. The third-order valence-electron chi connectivity index (χ3n) is 1.69. The van der Waals surface area contributed by atoms with Crippen molar-refractivity contribution in [1.29, 1.82) is 0 Å². The van der Waals surface area contributed by atoms with E-state index in [0.29, 0.717) is 0 Å². The molecular weight excluding hydrogens is 140 g/mol. The lowest BCUT2D eigenvalue weighted by Crippen LogP contribution is -2.25. The first-order chi connectivity index (χ1) is 5.02. The Balaban J connectivity index is 2.78. The van der Waals surface area contributed by atoms with Crippen LogP contribution in [-0.4, -0.2) is 4.98 Å². The first-order valence-corrected chi connectivity index (χ1v) is 3.66. The van der Waals surface area contributed by atoms with Crippen LogP contribution in [0.15, 0.2) is 17.0 Å². The summed E-state index contributed by atoms with van der Waals surface area (Å²) in [4.78, 5) is 3.81. The second-order valence-electron chi connectivity index (χ2n) is 3.75. The first-order valence-electron chi connectivity index (χ1n) is 3.66. The summed E-state index contributed by atoms with van der Waals surface area (Å²) in [5.41, 5.74) is 5.91. The molecule has 62 valence electrons. The van der Waals surface area contributed by atoms with Gasteiger partial charge in [0.25, 0.3) is 0 Å². The summed E-state index contributed by atoms with van der Waals surface area (Å²) in [7, 11) is 0. The van der Waals surface area contributed by atoms with E-state index in [1.54, 1.807) is 6.20 Å². The zero-order valence-electron chi connectivity index (χ0n) is 7.16. The van der Waals surface area contributed by atoms with Gasteiger partial charge in [0.2, 0.25) is 0 Å². The molecule has 0 aliphatic carbocycles. The van der Waals surface area contributed by atoms with Gasteiger partial charge >= 0.3 is 0 Å². The summed E-state index contributed by atoms with van der Waals surface area (Å²) < 4.78 is 5.09. The van der Waals surface area contributed by atoms with E-state index in [0.717, 1.165) is 5.76 Å². The number of nitrogens with two attached hydrogens (primary N) is 1. The van der Waals surface area contributed by atoms with Gasteiger partial charge in [-0.1, -0.05) is 20.8 Å². The lowest BCUT2D eigenvalue weighted by Gasteiger charge is -2.24. The fourth-order valence-corrected chi connectivity index (χ4v) is 0.806. The highest BCUT2D eigenvalue weighted by molar-refractivity contribution is 5.00. The fraction of sp³-hybridized carbons (Fsp3) is 0.625. The fourth-order valence-electron chi connectivity index (χ4n) is 0.806. The molecule has 0 aromatic carbocycles. The molecule has 0 saturated carbocycles. The molecule has 1 aromatic heterocycles. The Labute approximate surface area is 66.6 Å². The van der Waals surface area contributed by atoms with Crippen molar-refractivity contribution in [2.75, 3.05) is 0 Å². The summed E-state index contributed by atoms with van der Waals surface area (Å²) in [5.74, 6) is 0.748. The minimum absolute atomic E-state index is 0.0273. The van der Waals surface area contributed by atoms with Gasteiger partial charge < -0.3 is 10.2 Å². The molecule has 1 rings (SSSR count). The first kappa shape index (κ1) is 8.27. The third kappa shape index (κ3) is 1.80. The van der Waals surface area contributed by atoms with Crippen LogP contribution in [0.25, 0.3) is 0 Å². The van der Waals surface area contributed by atoms with E-state index in [2.05, 4.69) is 25.8 Å². The molecule has 2 N–H and O–H groups in total. The van der Waals surface area contributed by atoms with Crippen molar-refractivity contribution in [2.24, 2.45) is 11.1 Å². The predicted octanol–water partition coefficient (Wildman–Crippen LogP) is 1.72. The van der Waals surface area contributed by atoms with Crippen molar-refractivity contribution in [3.05, 3.63) is 18.4 Å². The van der Waals surface area contributed by atoms with Crippen LogP contribution in [0, 0.1) is 5.41 Å². The van der Waals surface area contributed by atoms with Gasteiger partial charge in [-0.3, -0.25) is 0 Å². The molecule has 0 aliphatic heterocycles. The van der Waals surface area contributed by atoms with Crippen molar-refractivity contribution in [3.63, 3.8) is 0 Å². The third-order valence-corrected chi connectivity index (χ3v) is 1.69. The second-order valence-corrected chi connectivity index (χ2v) is 3.75. The maximum Gasteiger partial charge on any atom is 0.180 e. The number of nitrogens with zero attached hydrogens (tertiary/aromatic N) is 1. The van der Waals surface area contributed by atoms with Crippen LogP contribution in [0.2, 0.25) is 0 Å². The molecular formula is C8H14N2O. The van der Waals surface area contributed by atoms with E-state index in [9.17, 15) is 0 Å². The second kappa shape index (κ2) is 2.66. The van der Waals surface area contributed by atoms with Gasteiger partial charge in [0.15, 0.2) is 6.39 Å². The SMILES string of the molecule is CC(C)(C)[C@H](N)c1cnco1. The van der Waals surface area contributed by atoms with Crippen LogP contribution in [0.5, 0.6) is 0 Å². The molecule has 11 heavy (non-hydrogen) atoms. The van der Waals surface area contributed by atoms with Gasteiger partial charge in [-0.2, -0.15) is 0 Å². The van der Waals surface area contributed by atoms with Crippen LogP contribution in [-0.2, 0) is 0 Å². The summed E-state index contributed by atoms with van der Waals surface area (Å²) in [6.07, 6.45) is 3.07. The number of rotatable bonds is 1. The zero-order chi connectivity index (χ0) is 8.48. The van der Waals surface area contributed by atoms with Crippen LogP contribution < -0.4 is 5.73 Å². The molecule has 0 amide bonds. The van der Waals surface area contributed by atoms with E-state index >= 15 is 0 Å². The number of hydrogen-bond donors (Lipinski definition) is 1. The number of hydrogen-bond acceptors (Lipinski definition) is 3. The standard InChI is InChI=1S/C8H14N2O/c1-8(2,3)7(9)6-4-10-5-11-6/h4-5,7H,9H2,1-3H3/t7-/m1/s1. The molecule has 0 radical (unpaired) electrons. The summed E-state index contributed by atoms with van der Waals surface area (Å²) in [6, 6.07) is -0.0787. The molecule has 3 heteroatoms. The maximum absolute atomic E-state index is 5.88. The quantitative estimate of drug-likeness (QED) is 0.670. The smallest absolute Gasteiger partial charge is 0.180 e. The number of aromatic nitrogens is 1. The van der Waals surface area contributed by atoms with E-state index in [4.69, 9.17) is 10.2 Å². The molecule has 0 spiro atoms. The predicted molar refractivity (Wildman–Crippen MR) is 42.9 cm³/mol. The summed E-state index contributed by atoms with van der Waals surface area (Å²) in [5, 5.41) is 0. The normalized spacial score (nSPS) is 14.9. The van der Waals surface area contributed by atoms with Gasteiger partial charge in [0.1, 0.15) is 5.76 Å². The molecule has 3 nitrogen and oxygen atoms in total. The molecule has 1 atom stereocenters. The van der Waals surface area contributed by atoms with Gasteiger partial charge in [-0.25, -0.2) is 4.98 Å².